The molecule has 1 aromatic heterocycles. The van der Waals surface area contributed by atoms with Crippen LogP contribution in [0.3, 0.4) is 0 Å². The zero-order valence-corrected chi connectivity index (χ0v) is 10.6. The van der Waals surface area contributed by atoms with Gasteiger partial charge in [0.2, 0.25) is 11.9 Å². The Labute approximate surface area is 113 Å². The van der Waals surface area contributed by atoms with Gasteiger partial charge in [-0.2, -0.15) is 4.68 Å². The molecular formula is C12H12N6O2. The maximum absolute atomic E-state index is 11.7. The van der Waals surface area contributed by atoms with Gasteiger partial charge in [-0.25, -0.2) is 0 Å². The van der Waals surface area contributed by atoms with Crippen molar-refractivity contribution in [1.29, 1.82) is 0 Å². The molecule has 2 heterocycles. The number of fused-ring (bicyclic) bond motifs is 1. The summed E-state index contributed by atoms with van der Waals surface area (Å²) >= 11 is 0. The molecule has 0 radical (unpaired) electrons. The van der Waals surface area contributed by atoms with E-state index < -0.39 is 11.9 Å². The van der Waals surface area contributed by atoms with Gasteiger partial charge in [0.05, 0.1) is 5.57 Å². The summed E-state index contributed by atoms with van der Waals surface area (Å²) in [5, 5.41) is 23.7. The topological polar surface area (TPSA) is 119 Å². The summed E-state index contributed by atoms with van der Waals surface area (Å²) in [7, 11) is 0. The third kappa shape index (κ3) is 1.78. The van der Waals surface area contributed by atoms with E-state index in [1.165, 1.54) is 16.8 Å². The summed E-state index contributed by atoms with van der Waals surface area (Å²) < 4.78 is 1.49. The molecule has 0 aliphatic carbocycles. The minimum absolute atomic E-state index is 0.140. The highest BCUT2D eigenvalue weighted by Gasteiger charge is 2.32. The number of carbonyl (C=O) groups is 1. The summed E-state index contributed by atoms with van der Waals surface area (Å²) in [5.74, 6) is 0.0285. The molecule has 4 N–H and O–H groups in total. The summed E-state index contributed by atoms with van der Waals surface area (Å²) in [6.45, 7) is 1.74. The number of hydrogen-bond acceptors (Lipinski definition) is 6. The predicted octanol–water partition coefficient (Wildman–Crippen LogP) is 0.153. The molecule has 0 saturated carbocycles. The van der Waals surface area contributed by atoms with Crippen LogP contribution in [-0.2, 0) is 4.79 Å². The fourth-order valence-electron chi connectivity index (χ4n) is 2.30. The van der Waals surface area contributed by atoms with Crippen molar-refractivity contribution in [3.8, 4) is 5.75 Å². The summed E-state index contributed by atoms with van der Waals surface area (Å²) in [4.78, 5) is 11.7. The van der Waals surface area contributed by atoms with Crippen molar-refractivity contribution in [3.05, 3.63) is 41.1 Å². The van der Waals surface area contributed by atoms with E-state index in [2.05, 4.69) is 20.8 Å². The molecule has 1 aliphatic heterocycles. The molecule has 20 heavy (non-hydrogen) atoms. The van der Waals surface area contributed by atoms with Crippen molar-refractivity contribution in [2.75, 3.05) is 5.32 Å². The van der Waals surface area contributed by atoms with Gasteiger partial charge >= 0.3 is 0 Å². The van der Waals surface area contributed by atoms with Crippen LogP contribution in [0.5, 0.6) is 5.75 Å². The van der Waals surface area contributed by atoms with Crippen LogP contribution < -0.4 is 11.1 Å². The first-order valence-electron chi connectivity index (χ1n) is 5.92. The van der Waals surface area contributed by atoms with Gasteiger partial charge in [-0.3, -0.25) is 4.79 Å². The molecule has 1 aliphatic rings. The van der Waals surface area contributed by atoms with Gasteiger partial charge < -0.3 is 16.2 Å². The second-order valence-electron chi connectivity index (χ2n) is 4.47. The van der Waals surface area contributed by atoms with Crippen molar-refractivity contribution in [2.45, 2.75) is 13.0 Å². The number of aromatic hydroxyl groups is 1. The second kappa shape index (κ2) is 4.34. The highest BCUT2D eigenvalue weighted by atomic mass is 16.3. The van der Waals surface area contributed by atoms with Gasteiger partial charge in [0.1, 0.15) is 11.8 Å². The largest absolute Gasteiger partial charge is 0.508 e. The van der Waals surface area contributed by atoms with Gasteiger partial charge in [-0.15, -0.1) is 0 Å². The van der Waals surface area contributed by atoms with E-state index in [1.54, 1.807) is 19.1 Å². The molecule has 8 nitrogen and oxygen atoms in total. The normalized spacial score (nSPS) is 17.6. The number of nitrogens with two attached hydrogens (primary N) is 1. The summed E-state index contributed by atoms with van der Waals surface area (Å²) in [6, 6.07) is 5.96. The number of phenolic OH excluding ortho intramolecular Hbond substituents is 1. The lowest BCUT2D eigenvalue weighted by Crippen LogP contribution is -2.31. The van der Waals surface area contributed by atoms with E-state index in [0.717, 1.165) is 5.56 Å². The highest BCUT2D eigenvalue weighted by molar-refractivity contribution is 5.95. The van der Waals surface area contributed by atoms with Gasteiger partial charge in [0.15, 0.2) is 0 Å². The number of anilines is 1. The first kappa shape index (κ1) is 12.2. The Balaban J connectivity index is 2.19. The van der Waals surface area contributed by atoms with E-state index in [4.69, 9.17) is 5.73 Å². The molecule has 2 aromatic rings. The SMILES string of the molecule is CC1=C(C(N)=O)[C@@H](c2ccc(O)cc2)n2nnnc2N1. The zero-order chi connectivity index (χ0) is 14.3. The minimum Gasteiger partial charge on any atom is -0.508 e. The monoisotopic (exact) mass is 272 g/mol. The number of allylic oxidation sites excluding steroid dienone is 1. The van der Waals surface area contributed by atoms with Crippen LogP contribution in [0.1, 0.15) is 18.5 Å². The molecule has 0 unspecified atom stereocenters. The van der Waals surface area contributed by atoms with Crippen LogP contribution >= 0.6 is 0 Å². The lowest BCUT2D eigenvalue weighted by atomic mass is 9.95. The molecule has 3 rings (SSSR count). The average Bonchev–Trinajstić information content (AvgIpc) is 2.85. The van der Waals surface area contributed by atoms with Crippen LogP contribution in [-0.4, -0.2) is 31.2 Å². The Bertz CT molecular complexity index is 703. The second-order valence-corrected chi connectivity index (χ2v) is 4.47. The van der Waals surface area contributed by atoms with Crippen molar-refractivity contribution < 1.29 is 9.90 Å². The smallest absolute Gasteiger partial charge is 0.248 e. The molecule has 0 saturated heterocycles. The third-order valence-corrected chi connectivity index (χ3v) is 3.19. The van der Waals surface area contributed by atoms with E-state index in [9.17, 15) is 9.90 Å². The molecule has 1 atom stereocenters. The highest BCUT2D eigenvalue weighted by Crippen LogP contribution is 2.34. The van der Waals surface area contributed by atoms with Gasteiger partial charge in [0, 0.05) is 5.70 Å². The quantitative estimate of drug-likeness (QED) is 0.716. The van der Waals surface area contributed by atoms with Crippen LogP contribution in [0, 0.1) is 0 Å². The number of benzene rings is 1. The fourth-order valence-corrected chi connectivity index (χ4v) is 2.30. The number of rotatable bonds is 2. The number of phenols is 1. The van der Waals surface area contributed by atoms with Gasteiger partial charge in [-0.05, 0) is 35.0 Å². The number of tetrazole rings is 1. The first-order valence-corrected chi connectivity index (χ1v) is 5.92. The molecule has 102 valence electrons. The Kier molecular flexibility index (Phi) is 2.63. The van der Waals surface area contributed by atoms with Crippen LogP contribution in [0.2, 0.25) is 0 Å². The number of primary amides is 1. The van der Waals surface area contributed by atoms with Gasteiger partial charge in [0.25, 0.3) is 0 Å². The van der Waals surface area contributed by atoms with Crippen LogP contribution in [0.4, 0.5) is 5.95 Å². The molecule has 1 aromatic carbocycles. The molecule has 0 fully saturated rings. The zero-order valence-electron chi connectivity index (χ0n) is 10.6. The average molecular weight is 272 g/mol. The van der Waals surface area contributed by atoms with Crippen molar-refractivity contribution in [1.82, 2.24) is 20.2 Å². The standard InChI is InChI=1S/C12H12N6O2/c1-6-9(11(13)20)10(7-2-4-8(19)5-3-7)18-12(14-6)15-16-17-18/h2-5,10,19H,1H3,(H2,13,20)(H,14,15,17)/t10-/m1/s1. The van der Waals surface area contributed by atoms with Crippen LogP contribution in [0.15, 0.2) is 35.5 Å². The minimum atomic E-state index is -0.547. The Morgan fingerprint density at radius 3 is 2.75 bits per heavy atom. The number of hydrogen-bond donors (Lipinski definition) is 3. The van der Waals surface area contributed by atoms with E-state index in [0.29, 0.717) is 17.2 Å². The van der Waals surface area contributed by atoms with E-state index >= 15 is 0 Å². The molecule has 0 spiro atoms. The lowest BCUT2D eigenvalue weighted by molar-refractivity contribution is -0.115. The number of nitrogens with zero attached hydrogens (tertiary/aromatic N) is 4. The van der Waals surface area contributed by atoms with Crippen molar-refractivity contribution in [2.24, 2.45) is 5.73 Å². The number of nitrogens with one attached hydrogen (secondary N) is 1. The molecular weight excluding hydrogens is 260 g/mol. The predicted molar refractivity (Wildman–Crippen MR) is 69.6 cm³/mol. The van der Waals surface area contributed by atoms with E-state index in [-0.39, 0.29) is 5.75 Å². The fraction of sp³-hybridized carbons (Fsp3) is 0.167. The Hall–Kier alpha value is -2.90. The maximum Gasteiger partial charge on any atom is 0.248 e. The molecule has 1 amide bonds. The van der Waals surface area contributed by atoms with Crippen molar-refractivity contribution >= 4 is 11.9 Å². The Morgan fingerprint density at radius 1 is 1.40 bits per heavy atom. The maximum atomic E-state index is 11.7. The number of aromatic nitrogens is 4. The molecule has 8 heteroatoms. The first-order chi connectivity index (χ1) is 9.58. The number of carbonyl (C=O) groups excluding carboxylic acids is 1. The molecule has 0 bridgehead atoms. The lowest BCUT2D eigenvalue weighted by Gasteiger charge is -2.26. The Morgan fingerprint density at radius 2 is 2.10 bits per heavy atom. The third-order valence-electron chi connectivity index (χ3n) is 3.19. The van der Waals surface area contributed by atoms with Crippen LogP contribution in [0.25, 0.3) is 0 Å². The number of amides is 1. The summed E-state index contributed by atoms with van der Waals surface area (Å²) in [5.41, 5.74) is 7.22. The van der Waals surface area contributed by atoms with Crippen molar-refractivity contribution in [3.63, 3.8) is 0 Å². The van der Waals surface area contributed by atoms with E-state index in [1.807, 2.05) is 0 Å². The summed E-state index contributed by atoms with van der Waals surface area (Å²) in [6.07, 6.45) is 0. The van der Waals surface area contributed by atoms with Gasteiger partial charge in [-0.1, -0.05) is 17.2 Å².